The Hall–Kier alpha value is -2.39. The first kappa shape index (κ1) is 20.9. The minimum Gasteiger partial charge on any atom is -0.497 e. The Labute approximate surface area is 178 Å². The smallest absolute Gasteiger partial charge is 0.243 e. The Balaban J connectivity index is 1.45. The quantitative estimate of drug-likeness (QED) is 0.719. The van der Waals surface area contributed by atoms with E-state index in [4.69, 9.17) is 9.72 Å². The van der Waals surface area contributed by atoms with Crippen molar-refractivity contribution in [3.8, 4) is 5.75 Å². The molecule has 0 amide bonds. The summed E-state index contributed by atoms with van der Waals surface area (Å²) in [6.45, 7) is 6.00. The molecule has 2 aliphatic rings. The van der Waals surface area contributed by atoms with Crippen molar-refractivity contribution in [3.63, 3.8) is 0 Å². The lowest BCUT2D eigenvalue weighted by atomic mass is 10.1. The van der Waals surface area contributed by atoms with E-state index < -0.39 is 10.0 Å². The lowest BCUT2D eigenvalue weighted by molar-refractivity contribution is 0.382. The molecule has 2 aromatic rings. The second-order valence-corrected chi connectivity index (χ2v) is 9.72. The highest BCUT2D eigenvalue weighted by molar-refractivity contribution is 7.89. The van der Waals surface area contributed by atoms with E-state index in [1.807, 2.05) is 13.0 Å². The number of anilines is 2. The molecule has 3 heterocycles. The van der Waals surface area contributed by atoms with Gasteiger partial charge in [0.05, 0.1) is 12.0 Å². The predicted molar refractivity (Wildman–Crippen MR) is 117 cm³/mol. The number of ether oxygens (including phenoxy) is 1. The zero-order valence-electron chi connectivity index (χ0n) is 17.6. The van der Waals surface area contributed by atoms with Gasteiger partial charge in [-0.2, -0.15) is 9.29 Å². The summed E-state index contributed by atoms with van der Waals surface area (Å²) in [5.74, 6) is 2.31. The number of hydrogen-bond donors (Lipinski definition) is 0. The number of piperidine rings is 1. The van der Waals surface area contributed by atoms with Gasteiger partial charge < -0.3 is 14.5 Å². The zero-order valence-corrected chi connectivity index (χ0v) is 18.4. The van der Waals surface area contributed by atoms with Crippen LogP contribution in [0.3, 0.4) is 0 Å². The highest BCUT2D eigenvalue weighted by atomic mass is 32.2. The molecule has 4 rings (SSSR count). The molecule has 2 saturated heterocycles. The first-order chi connectivity index (χ1) is 14.5. The SMILES string of the molecule is COc1ccc(S(=O)(=O)N2CCN(c3nc(C)cc(N4CCCCC4)n3)CC2)cc1. The summed E-state index contributed by atoms with van der Waals surface area (Å²) in [6, 6.07) is 8.57. The topological polar surface area (TPSA) is 78.9 Å². The zero-order chi connectivity index (χ0) is 21.1. The van der Waals surface area contributed by atoms with Crippen molar-refractivity contribution in [1.82, 2.24) is 14.3 Å². The maximum atomic E-state index is 13.0. The summed E-state index contributed by atoms with van der Waals surface area (Å²) in [6.07, 6.45) is 3.67. The van der Waals surface area contributed by atoms with Crippen LogP contribution in [-0.4, -0.2) is 69.1 Å². The highest BCUT2D eigenvalue weighted by Gasteiger charge is 2.29. The normalized spacial score (nSPS) is 18.5. The van der Waals surface area contributed by atoms with Crippen molar-refractivity contribution < 1.29 is 13.2 Å². The Morgan fingerprint density at radius 3 is 2.17 bits per heavy atom. The molecular weight excluding hydrogens is 402 g/mol. The average molecular weight is 432 g/mol. The van der Waals surface area contributed by atoms with E-state index in [1.165, 1.54) is 23.6 Å². The summed E-state index contributed by atoms with van der Waals surface area (Å²) in [7, 11) is -1.96. The Morgan fingerprint density at radius 2 is 1.53 bits per heavy atom. The molecule has 1 aromatic heterocycles. The summed E-state index contributed by atoms with van der Waals surface area (Å²) >= 11 is 0. The van der Waals surface area contributed by atoms with Gasteiger partial charge in [-0.05, 0) is 50.5 Å². The van der Waals surface area contributed by atoms with Crippen LogP contribution in [0.25, 0.3) is 0 Å². The third kappa shape index (κ3) is 4.37. The number of nitrogens with zero attached hydrogens (tertiary/aromatic N) is 5. The van der Waals surface area contributed by atoms with Crippen LogP contribution in [0.1, 0.15) is 25.0 Å². The van der Waals surface area contributed by atoms with Gasteiger partial charge in [-0.25, -0.2) is 13.4 Å². The number of hydrogen-bond acceptors (Lipinski definition) is 7. The highest BCUT2D eigenvalue weighted by Crippen LogP contribution is 2.24. The fourth-order valence-electron chi connectivity index (χ4n) is 3.99. The van der Waals surface area contributed by atoms with Crippen LogP contribution < -0.4 is 14.5 Å². The number of aryl methyl sites for hydroxylation is 1. The van der Waals surface area contributed by atoms with E-state index in [2.05, 4.69) is 14.8 Å². The van der Waals surface area contributed by atoms with Gasteiger partial charge in [-0.15, -0.1) is 0 Å². The van der Waals surface area contributed by atoms with E-state index >= 15 is 0 Å². The van der Waals surface area contributed by atoms with Crippen LogP contribution in [0.15, 0.2) is 35.2 Å². The molecule has 0 N–H and O–H groups in total. The first-order valence-corrected chi connectivity index (χ1v) is 11.9. The van der Waals surface area contributed by atoms with Crippen LogP contribution in [0.5, 0.6) is 5.75 Å². The molecule has 30 heavy (non-hydrogen) atoms. The van der Waals surface area contributed by atoms with Gasteiger partial charge in [-0.1, -0.05) is 0 Å². The standard InChI is InChI=1S/C21H29N5O3S/c1-17-16-20(24-10-4-3-5-11-24)23-21(22-17)25-12-14-26(15-13-25)30(27,28)19-8-6-18(29-2)7-9-19/h6-9,16H,3-5,10-15H2,1-2H3. The fourth-order valence-corrected chi connectivity index (χ4v) is 5.41. The monoisotopic (exact) mass is 431 g/mol. The molecule has 0 bridgehead atoms. The van der Waals surface area contributed by atoms with Crippen molar-refractivity contribution in [2.45, 2.75) is 31.1 Å². The maximum absolute atomic E-state index is 13.0. The number of aromatic nitrogens is 2. The molecule has 0 spiro atoms. The molecule has 0 saturated carbocycles. The van der Waals surface area contributed by atoms with Gasteiger partial charge in [-0.3, -0.25) is 0 Å². The van der Waals surface area contributed by atoms with Crippen molar-refractivity contribution in [1.29, 1.82) is 0 Å². The van der Waals surface area contributed by atoms with Gasteiger partial charge in [0.2, 0.25) is 16.0 Å². The lowest BCUT2D eigenvalue weighted by Crippen LogP contribution is -2.49. The van der Waals surface area contributed by atoms with Crippen molar-refractivity contribution in [2.24, 2.45) is 0 Å². The number of rotatable bonds is 5. The number of benzene rings is 1. The largest absolute Gasteiger partial charge is 0.497 e. The Kier molecular flexibility index (Phi) is 6.10. The van der Waals surface area contributed by atoms with Gasteiger partial charge >= 0.3 is 0 Å². The Morgan fingerprint density at radius 1 is 0.867 bits per heavy atom. The summed E-state index contributed by atoms with van der Waals surface area (Å²) in [5, 5.41) is 0. The van der Waals surface area contributed by atoms with Crippen LogP contribution in [0.4, 0.5) is 11.8 Å². The molecule has 0 aliphatic carbocycles. The summed E-state index contributed by atoms with van der Waals surface area (Å²) in [4.78, 5) is 14.1. The van der Waals surface area contributed by atoms with Crippen LogP contribution in [0.2, 0.25) is 0 Å². The molecule has 0 unspecified atom stereocenters. The third-order valence-corrected chi connectivity index (χ3v) is 7.64. The minimum atomic E-state index is -3.52. The van der Waals surface area contributed by atoms with E-state index in [9.17, 15) is 8.42 Å². The number of piperazine rings is 1. The van der Waals surface area contributed by atoms with E-state index in [0.717, 1.165) is 24.6 Å². The van der Waals surface area contributed by atoms with Crippen LogP contribution >= 0.6 is 0 Å². The maximum Gasteiger partial charge on any atom is 0.243 e. The number of methoxy groups -OCH3 is 1. The third-order valence-electron chi connectivity index (χ3n) is 5.73. The second kappa shape index (κ2) is 8.77. The summed E-state index contributed by atoms with van der Waals surface area (Å²) in [5.41, 5.74) is 0.939. The molecule has 0 atom stereocenters. The molecule has 0 radical (unpaired) electrons. The second-order valence-electron chi connectivity index (χ2n) is 7.78. The molecule has 8 nitrogen and oxygen atoms in total. The molecule has 2 fully saturated rings. The van der Waals surface area contributed by atoms with E-state index in [-0.39, 0.29) is 4.90 Å². The number of sulfonamides is 1. The van der Waals surface area contributed by atoms with E-state index in [1.54, 1.807) is 31.4 Å². The predicted octanol–water partition coefficient (Wildman–Crippen LogP) is 2.29. The minimum absolute atomic E-state index is 0.288. The van der Waals surface area contributed by atoms with Gasteiger partial charge in [0.25, 0.3) is 0 Å². The van der Waals surface area contributed by atoms with Gasteiger partial charge in [0.15, 0.2) is 0 Å². The molecule has 9 heteroatoms. The molecule has 2 aliphatic heterocycles. The summed E-state index contributed by atoms with van der Waals surface area (Å²) < 4.78 is 32.6. The fraction of sp³-hybridized carbons (Fsp3) is 0.524. The van der Waals surface area contributed by atoms with Crippen LogP contribution in [0, 0.1) is 6.92 Å². The average Bonchev–Trinajstić information content (AvgIpc) is 2.79. The molecular formula is C21H29N5O3S. The van der Waals surface area contributed by atoms with Gasteiger partial charge in [0.1, 0.15) is 11.6 Å². The molecule has 162 valence electrons. The lowest BCUT2D eigenvalue weighted by Gasteiger charge is -2.35. The van der Waals surface area contributed by atoms with E-state index in [0.29, 0.717) is 37.9 Å². The Bertz CT molecular complexity index is 967. The van der Waals surface area contributed by atoms with Crippen molar-refractivity contribution >= 4 is 21.8 Å². The van der Waals surface area contributed by atoms with Crippen molar-refractivity contribution in [3.05, 3.63) is 36.0 Å². The molecule has 1 aromatic carbocycles. The van der Waals surface area contributed by atoms with Crippen LogP contribution in [-0.2, 0) is 10.0 Å². The first-order valence-electron chi connectivity index (χ1n) is 10.5. The van der Waals surface area contributed by atoms with Crippen molar-refractivity contribution in [2.75, 3.05) is 56.2 Å². The van der Waals surface area contributed by atoms with Gasteiger partial charge in [0, 0.05) is 51.0 Å².